The predicted molar refractivity (Wildman–Crippen MR) is 83.5 cm³/mol. The van der Waals surface area contributed by atoms with Gasteiger partial charge in [-0.25, -0.2) is 13.1 Å². The van der Waals surface area contributed by atoms with Gasteiger partial charge in [0.25, 0.3) is 5.91 Å². The first-order chi connectivity index (χ1) is 10.4. The average Bonchev–Trinajstić information content (AvgIpc) is 2.90. The van der Waals surface area contributed by atoms with E-state index in [4.69, 9.17) is 0 Å². The van der Waals surface area contributed by atoms with Crippen LogP contribution in [0.25, 0.3) is 0 Å². The second-order valence-electron chi connectivity index (χ2n) is 5.75. The zero-order valence-electron chi connectivity index (χ0n) is 12.5. The van der Waals surface area contributed by atoms with Crippen LogP contribution in [-0.4, -0.2) is 38.3 Å². The molecule has 1 aliphatic rings. The highest BCUT2D eigenvalue weighted by Crippen LogP contribution is 2.25. The van der Waals surface area contributed by atoms with E-state index in [2.05, 4.69) is 10.0 Å². The molecule has 1 amide bonds. The van der Waals surface area contributed by atoms with Crippen LogP contribution in [0.1, 0.15) is 30.9 Å². The van der Waals surface area contributed by atoms with Crippen molar-refractivity contribution >= 4 is 15.9 Å². The Balaban J connectivity index is 1.88. The number of sulfonamides is 1. The van der Waals surface area contributed by atoms with Crippen LogP contribution >= 0.6 is 0 Å². The van der Waals surface area contributed by atoms with E-state index in [-0.39, 0.29) is 12.0 Å². The molecule has 0 unspecified atom stereocenters. The summed E-state index contributed by atoms with van der Waals surface area (Å²) in [6.45, 7) is 0.357. The summed E-state index contributed by atoms with van der Waals surface area (Å²) in [7, 11) is -3.25. The van der Waals surface area contributed by atoms with Gasteiger partial charge in [-0.3, -0.25) is 4.79 Å². The van der Waals surface area contributed by atoms with Gasteiger partial charge in [-0.1, -0.05) is 36.8 Å². The zero-order chi connectivity index (χ0) is 16.2. The maximum Gasteiger partial charge on any atom is 0.253 e. The van der Waals surface area contributed by atoms with Gasteiger partial charge in [0.1, 0.15) is 0 Å². The first-order valence-electron chi connectivity index (χ1n) is 7.35. The van der Waals surface area contributed by atoms with E-state index >= 15 is 0 Å². The molecular formula is C15H22N2O4S. The van der Waals surface area contributed by atoms with Crippen molar-refractivity contribution in [2.45, 2.75) is 31.4 Å². The van der Waals surface area contributed by atoms with Crippen LogP contribution in [0.2, 0.25) is 0 Å². The maximum absolute atomic E-state index is 12.0. The molecule has 1 aromatic carbocycles. The number of aliphatic hydroxyl groups excluding tert-OH is 1. The number of aliphatic hydroxyl groups is 1. The minimum Gasteiger partial charge on any atom is -0.378 e. The van der Waals surface area contributed by atoms with Gasteiger partial charge in [0, 0.05) is 12.6 Å². The van der Waals surface area contributed by atoms with E-state index in [1.54, 1.807) is 24.3 Å². The van der Waals surface area contributed by atoms with Crippen LogP contribution in [0, 0.1) is 5.92 Å². The van der Waals surface area contributed by atoms with Crippen LogP contribution < -0.4 is 10.0 Å². The van der Waals surface area contributed by atoms with Gasteiger partial charge < -0.3 is 10.4 Å². The van der Waals surface area contributed by atoms with Crippen molar-refractivity contribution in [2.24, 2.45) is 5.92 Å². The monoisotopic (exact) mass is 326 g/mol. The minimum absolute atomic E-state index is 0.0571. The van der Waals surface area contributed by atoms with E-state index in [1.807, 2.05) is 6.07 Å². The molecule has 0 saturated heterocycles. The highest BCUT2D eigenvalue weighted by molar-refractivity contribution is 7.88. The molecule has 122 valence electrons. The molecule has 3 atom stereocenters. The molecule has 0 spiro atoms. The molecular weight excluding hydrogens is 304 g/mol. The number of hydrogen-bond acceptors (Lipinski definition) is 4. The Morgan fingerprint density at radius 2 is 2.00 bits per heavy atom. The maximum atomic E-state index is 12.0. The Kier molecular flexibility index (Phi) is 5.55. The number of nitrogens with one attached hydrogen (secondary N) is 2. The van der Waals surface area contributed by atoms with Crippen molar-refractivity contribution < 1.29 is 18.3 Å². The van der Waals surface area contributed by atoms with Crippen LogP contribution in [0.3, 0.4) is 0 Å². The molecule has 7 heteroatoms. The van der Waals surface area contributed by atoms with E-state index in [0.29, 0.717) is 12.1 Å². The quantitative estimate of drug-likeness (QED) is 0.711. The molecule has 22 heavy (non-hydrogen) atoms. The Hall–Kier alpha value is -1.44. The third-order valence-corrected chi connectivity index (χ3v) is 4.66. The third kappa shape index (κ3) is 4.79. The van der Waals surface area contributed by atoms with Gasteiger partial charge in [0.15, 0.2) is 6.10 Å². The van der Waals surface area contributed by atoms with E-state index in [9.17, 15) is 18.3 Å². The van der Waals surface area contributed by atoms with E-state index < -0.39 is 22.0 Å². The van der Waals surface area contributed by atoms with Gasteiger partial charge in [-0.2, -0.15) is 0 Å². The molecule has 1 aliphatic carbocycles. The number of hydrogen-bond donors (Lipinski definition) is 3. The highest BCUT2D eigenvalue weighted by Gasteiger charge is 2.30. The largest absolute Gasteiger partial charge is 0.378 e. The van der Waals surface area contributed by atoms with Crippen molar-refractivity contribution in [3.05, 3.63) is 35.9 Å². The summed E-state index contributed by atoms with van der Waals surface area (Å²) in [4.78, 5) is 12.0. The second-order valence-corrected chi connectivity index (χ2v) is 7.53. The SMILES string of the molecule is CS(=O)(=O)N[C@H]1CCC[C@H]1CNC(=O)[C@H](O)c1ccccc1. The van der Waals surface area contributed by atoms with Crippen LogP contribution in [0.5, 0.6) is 0 Å². The van der Waals surface area contributed by atoms with Gasteiger partial charge in [0.2, 0.25) is 10.0 Å². The van der Waals surface area contributed by atoms with Gasteiger partial charge >= 0.3 is 0 Å². The lowest BCUT2D eigenvalue weighted by molar-refractivity contribution is -0.129. The smallest absolute Gasteiger partial charge is 0.253 e. The zero-order valence-corrected chi connectivity index (χ0v) is 13.3. The normalized spacial score (nSPS) is 23.2. The summed E-state index contributed by atoms with van der Waals surface area (Å²) < 4.78 is 25.3. The molecule has 0 aliphatic heterocycles. The molecule has 0 radical (unpaired) electrons. The number of benzene rings is 1. The number of carbonyl (C=O) groups is 1. The predicted octanol–water partition coefficient (Wildman–Crippen LogP) is 0.554. The summed E-state index contributed by atoms with van der Waals surface area (Å²) in [5.41, 5.74) is 0.539. The van der Waals surface area contributed by atoms with Crippen LogP contribution in [0.4, 0.5) is 0 Å². The Morgan fingerprint density at radius 1 is 1.32 bits per heavy atom. The standard InChI is InChI=1S/C15H22N2O4S/c1-22(20,21)17-13-9-5-8-12(13)10-16-15(19)14(18)11-6-3-2-4-7-11/h2-4,6-7,12-14,17-18H,5,8-10H2,1H3,(H,16,19)/t12-,13-,14+/m0/s1. The van der Waals surface area contributed by atoms with Crippen molar-refractivity contribution in [3.63, 3.8) is 0 Å². The fourth-order valence-corrected chi connectivity index (χ4v) is 3.69. The summed E-state index contributed by atoms with van der Waals surface area (Å²) in [6.07, 6.45) is 2.49. The Bertz CT molecular complexity index is 603. The third-order valence-electron chi connectivity index (χ3n) is 3.93. The number of amides is 1. The van der Waals surface area contributed by atoms with Crippen molar-refractivity contribution in [2.75, 3.05) is 12.8 Å². The molecule has 0 bridgehead atoms. The van der Waals surface area contributed by atoms with E-state index in [0.717, 1.165) is 25.5 Å². The summed E-state index contributed by atoms with van der Waals surface area (Å²) in [5, 5.41) is 12.7. The number of carbonyl (C=O) groups excluding carboxylic acids is 1. The molecule has 3 N–H and O–H groups in total. The highest BCUT2D eigenvalue weighted by atomic mass is 32.2. The van der Waals surface area contributed by atoms with Crippen LogP contribution in [-0.2, 0) is 14.8 Å². The van der Waals surface area contributed by atoms with Crippen molar-refractivity contribution in [1.29, 1.82) is 0 Å². The Labute approximate surface area is 131 Å². The van der Waals surface area contributed by atoms with Crippen molar-refractivity contribution in [1.82, 2.24) is 10.0 Å². The summed E-state index contributed by atoms with van der Waals surface area (Å²) >= 11 is 0. The topological polar surface area (TPSA) is 95.5 Å². The second kappa shape index (κ2) is 7.21. The van der Waals surface area contributed by atoms with Gasteiger partial charge in [-0.15, -0.1) is 0 Å². The molecule has 1 aromatic rings. The lowest BCUT2D eigenvalue weighted by Crippen LogP contribution is -2.42. The van der Waals surface area contributed by atoms with Crippen molar-refractivity contribution in [3.8, 4) is 0 Å². The molecule has 0 heterocycles. The summed E-state index contributed by atoms with van der Waals surface area (Å²) in [6, 6.07) is 8.56. The molecule has 6 nitrogen and oxygen atoms in total. The average molecular weight is 326 g/mol. The minimum atomic E-state index is -3.25. The molecule has 1 saturated carbocycles. The fourth-order valence-electron chi connectivity index (χ4n) is 2.83. The van der Waals surface area contributed by atoms with Crippen LogP contribution in [0.15, 0.2) is 30.3 Å². The van der Waals surface area contributed by atoms with Gasteiger partial charge in [-0.05, 0) is 24.3 Å². The molecule has 2 rings (SSSR count). The van der Waals surface area contributed by atoms with E-state index in [1.165, 1.54) is 0 Å². The number of rotatable bonds is 6. The first kappa shape index (κ1) is 16.9. The lowest BCUT2D eigenvalue weighted by Gasteiger charge is -2.21. The first-order valence-corrected chi connectivity index (χ1v) is 9.24. The molecule has 0 aromatic heterocycles. The molecule has 1 fully saturated rings. The summed E-state index contributed by atoms with van der Waals surface area (Å²) in [5.74, 6) is -0.405. The fraction of sp³-hybridized carbons (Fsp3) is 0.533. The van der Waals surface area contributed by atoms with Gasteiger partial charge in [0.05, 0.1) is 6.26 Å². The lowest BCUT2D eigenvalue weighted by atomic mass is 10.0. The Morgan fingerprint density at radius 3 is 2.64 bits per heavy atom.